The summed E-state index contributed by atoms with van der Waals surface area (Å²) in [6, 6.07) is 5.91. The van der Waals surface area contributed by atoms with Gasteiger partial charge in [-0.1, -0.05) is 12.1 Å². The number of fused-ring (bicyclic) bond motifs is 1. The number of benzene rings is 1. The molecule has 1 saturated heterocycles. The number of carbonyl (C=O) groups is 1. The highest BCUT2D eigenvalue weighted by atomic mass is 16.2. The normalized spacial score (nSPS) is 18.8. The summed E-state index contributed by atoms with van der Waals surface area (Å²) in [6.07, 6.45) is 4.07. The monoisotopic (exact) mass is 259 g/mol. The molecule has 1 aromatic carbocycles. The average Bonchev–Trinajstić information content (AvgIpc) is 3.05. The summed E-state index contributed by atoms with van der Waals surface area (Å²) in [7, 11) is 0. The Morgan fingerprint density at radius 1 is 1.21 bits per heavy atom. The van der Waals surface area contributed by atoms with Crippen LogP contribution in [0.25, 0.3) is 0 Å². The van der Waals surface area contributed by atoms with Gasteiger partial charge in [0.15, 0.2) is 0 Å². The molecule has 2 heterocycles. The number of hydrogen-bond donors (Lipinski definition) is 1. The molecule has 19 heavy (non-hydrogen) atoms. The number of nitrogens with zero attached hydrogens (tertiary/aromatic N) is 2. The molecular weight excluding hydrogens is 238 g/mol. The van der Waals surface area contributed by atoms with E-state index in [4.69, 9.17) is 5.73 Å². The molecule has 4 nitrogen and oxygen atoms in total. The number of hydrogen-bond acceptors (Lipinski definition) is 3. The molecule has 0 aromatic heterocycles. The summed E-state index contributed by atoms with van der Waals surface area (Å²) in [6.45, 7) is 3.96. The van der Waals surface area contributed by atoms with Crippen LogP contribution in [0.15, 0.2) is 18.2 Å². The highest BCUT2D eigenvalue weighted by Gasteiger charge is 2.26. The molecule has 1 aromatic rings. The summed E-state index contributed by atoms with van der Waals surface area (Å²) >= 11 is 0. The summed E-state index contributed by atoms with van der Waals surface area (Å²) in [5.74, 6) is 0.212. The second kappa shape index (κ2) is 5.21. The number of nitrogens with two attached hydrogens (primary N) is 1. The van der Waals surface area contributed by atoms with Gasteiger partial charge in [0.2, 0.25) is 5.91 Å². The lowest BCUT2D eigenvalue weighted by Crippen LogP contribution is -2.33. The summed E-state index contributed by atoms with van der Waals surface area (Å²) in [4.78, 5) is 16.6. The molecule has 102 valence electrons. The first kappa shape index (κ1) is 12.5. The Morgan fingerprint density at radius 3 is 2.79 bits per heavy atom. The number of likely N-dealkylation sites (tertiary alicyclic amines) is 1. The van der Waals surface area contributed by atoms with Crippen molar-refractivity contribution in [3.63, 3.8) is 0 Å². The van der Waals surface area contributed by atoms with Crippen molar-refractivity contribution < 1.29 is 4.79 Å². The summed E-state index contributed by atoms with van der Waals surface area (Å²) in [5, 5.41) is 0. The third kappa shape index (κ3) is 2.45. The van der Waals surface area contributed by atoms with Crippen molar-refractivity contribution in [1.29, 1.82) is 0 Å². The SMILES string of the molecule is Nc1cccc2c1N(C(=O)CCN1CCCC1)CC2. The minimum Gasteiger partial charge on any atom is -0.397 e. The van der Waals surface area contributed by atoms with E-state index in [0.29, 0.717) is 6.42 Å². The molecule has 4 heteroatoms. The summed E-state index contributed by atoms with van der Waals surface area (Å²) in [5.41, 5.74) is 8.90. The molecule has 0 radical (unpaired) electrons. The smallest absolute Gasteiger partial charge is 0.228 e. The Kier molecular flexibility index (Phi) is 3.42. The number of rotatable bonds is 3. The minimum absolute atomic E-state index is 0.212. The van der Waals surface area contributed by atoms with Crippen LogP contribution in [0.3, 0.4) is 0 Å². The lowest BCUT2D eigenvalue weighted by molar-refractivity contribution is -0.118. The highest BCUT2D eigenvalue weighted by molar-refractivity contribution is 5.98. The molecule has 0 spiro atoms. The first-order chi connectivity index (χ1) is 9.25. The molecule has 0 unspecified atom stereocenters. The van der Waals surface area contributed by atoms with Crippen LogP contribution in [0, 0.1) is 0 Å². The van der Waals surface area contributed by atoms with Gasteiger partial charge < -0.3 is 15.5 Å². The van der Waals surface area contributed by atoms with Gasteiger partial charge in [-0.25, -0.2) is 0 Å². The Balaban J connectivity index is 1.66. The number of amides is 1. The molecular formula is C15H21N3O. The van der Waals surface area contributed by atoms with E-state index >= 15 is 0 Å². The predicted molar refractivity (Wildman–Crippen MR) is 77.2 cm³/mol. The van der Waals surface area contributed by atoms with Crippen molar-refractivity contribution in [2.24, 2.45) is 0 Å². The average molecular weight is 259 g/mol. The quantitative estimate of drug-likeness (QED) is 0.840. The van der Waals surface area contributed by atoms with E-state index in [-0.39, 0.29) is 5.91 Å². The van der Waals surface area contributed by atoms with Crippen LogP contribution in [0.2, 0.25) is 0 Å². The molecule has 1 amide bonds. The van der Waals surface area contributed by atoms with Crippen LogP contribution in [0.5, 0.6) is 0 Å². The maximum Gasteiger partial charge on any atom is 0.228 e. The van der Waals surface area contributed by atoms with Crippen LogP contribution < -0.4 is 10.6 Å². The predicted octanol–water partition coefficient (Wildman–Crippen LogP) is 1.64. The Labute approximate surface area is 114 Å². The van der Waals surface area contributed by atoms with Crippen LogP contribution in [-0.2, 0) is 11.2 Å². The lowest BCUT2D eigenvalue weighted by Gasteiger charge is -2.21. The fourth-order valence-electron chi connectivity index (χ4n) is 3.13. The second-order valence-electron chi connectivity index (χ2n) is 5.45. The van der Waals surface area contributed by atoms with Gasteiger partial charge in [0.25, 0.3) is 0 Å². The van der Waals surface area contributed by atoms with E-state index in [9.17, 15) is 4.79 Å². The van der Waals surface area contributed by atoms with Crippen LogP contribution in [-0.4, -0.2) is 37.0 Å². The number of carbonyl (C=O) groups excluding carboxylic acids is 1. The third-order valence-corrected chi connectivity index (χ3v) is 4.17. The Morgan fingerprint density at radius 2 is 2.00 bits per heavy atom. The van der Waals surface area contributed by atoms with Gasteiger partial charge >= 0.3 is 0 Å². The standard InChI is InChI=1S/C15H21N3O/c16-13-5-3-4-12-6-11-18(15(12)13)14(19)7-10-17-8-1-2-9-17/h3-5H,1-2,6-11,16H2. The molecule has 3 rings (SSSR count). The largest absolute Gasteiger partial charge is 0.397 e. The number of anilines is 2. The molecule has 2 N–H and O–H groups in total. The number of nitrogen functional groups attached to an aromatic ring is 1. The van der Waals surface area contributed by atoms with Gasteiger partial charge in [0.1, 0.15) is 0 Å². The van der Waals surface area contributed by atoms with Crippen molar-refractivity contribution in [2.75, 3.05) is 36.8 Å². The van der Waals surface area contributed by atoms with E-state index in [1.165, 1.54) is 18.4 Å². The Hall–Kier alpha value is -1.55. The van der Waals surface area contributed by atoms with Gasteiger partial charge in [0.05, 0.1) is 11.4 Å². The van der Waals surface area contributed by atoms with Gasteiger partial charge in [-0.15, -0.1) is 0 Å². The van der Waals surface area contributed by atoms with Crippen LogP contribution in [0.1, 0.15) is 24.8 Å². The second-order valence-corrected chi connectivity index (χ2v) is 5.45. The Bertz CT molecular complexity index is 480. The molecule has 0 bridgehead atoms. The van der Waals surface area contributed by atoms with E-state index in [1.807, 2.05) is 17.0 Å². The number of para-hydroxylation sites is 1. The fraction of sp³-hybridized carbons (Fsp3) is 0.533. The zero-order valence-electron chi connectivity index (χ0n) is 11.3. The van der Waals surface area contributed by atoms with Gasteiger partial charge in [-0.2, -0.15) is 0 Å². The minimum atomic E-state index is 0.212. The molecule has 0 saturated carbocycles. The van der Waals surface area contributed by atoms with Crippen molar-refractivity contribution in [2.45, 2.75) is 25.7 Å². The molecule has 0 aliphatic carbocycles. The maximum absolute atomic E-state index is 12.4. The fourth-order valence-corrected chi connectivity index (χ4v) is 3.13. The van der Waals surface area contributed by atoms with Gasteiger partial charge in [-0.05, 0) is 44.0 Å². The van der Waals surface area contributed by atoms with Crippen molar-refractivity contribution in [1.82, 2.24) is 4.90 Å². The molecule has 2 aliphatic heterocycles. The van der Waals surface area contributed by atoms with Gasteiger partial charge in [0, 0.05) is 19.5 Å². The third-order valence-electron chi connectivity index (χ3n) is 4.17. The van der Waals surface area contributed by atoms with Gasteiger partial charge in [-0.3, -0.25) is 4.79 Å². The van der Waals surface area contributed by atoms with Crippen LogP contribution >= 0.6 is 0 Å². The first-order valence-electron chi connectivity index (χ1n) is 7.16. The van der Waals surface area contributed by atoms with Crippen molar-refractivity contribution in [3.05, 3.63) is 23.8 Å². The molecule has 2 aliphatic rings. The zero-order valence-corrected chi connectivity index (χ0v) is 11.3. The van der Waals surface area contributed by atoms with Crippen molar-refractivity contribution in [3.8, 4) is 0 Å². The molecule has 1 fully saturated rings. The van der Waals surface area contributed by atoms with E-state index in [2.05, 4.69) is 11.0 Å². The topological polar surface area (TPSA) is 49.6 Å². The van der Waals surface area contributed by atoms with E-state index < -0.39 is 0 Å². The van der Waals surface area contributed by atoms with Crippen molar-refractivity contribution >= 4 is 17.3 Å². The summed E-state index contributed by atoms with van der Waals surface area (Å²) < 4.78 is 0. The molecule has 0 atom stereocenters. The first-order valence-corrected chi connectivity index (χ1v) is 7.16. The zero-order chi connectivity index (χ0) is 13.2. The lowest BCUT2D eigenvalue weighted by atomic mass is 10.1. The maximum atomic E-state index is 12.4. The van der Waals surface area contributed by atoms with Crippen LogP contribution in [0.4, 0.5) is 11.4 Å². The highest BCUT2D eigenvalue weighted by Crippen LogP contribution is 2.33. The van der Waals surface area contributed by atoms with E-state index in [0.717, 1.165) is 44.0 Å². The van der Waals surface area contributed by atoms with E-state index in [1.54, 1.807) is 0 Å².